The first kappa shape index (κ1) is 20.0. The van der Waals surface area contributed by atoms with Gasteiger partial charge in [-0.1, -0.05) is 36.4 Å². The minimum atomic E-state index is 0. The second kappa shape index (κ2) is 10.6. The highest BCUT2D eigenvalue weighted by Gasteiger charge is 2.22. The van der Waals surface area contributed by atoms with Crippen LogP contribution in [0.2, 0.25) is 0 Å². The van der Waals surface area contributed by atoms with Crippen molar-refractivity contribution in [3.8, 4) is 0 Å². The predicted octanol–water partition coefficient (Wildman–Crippen LogP) is 3.04. The summed E-state index contributed by atoms with van der Waals surface area (Å²) in [5, 5.41) is 3.04. The van der Waals surface area contributed by atoms with Crippen LogP contribution in [0.25, 0.3) is 0 Å². The van der Waals surface area contributed by atoms with Crippen molar-refractivity contribution in [1.29, 1.82) is 0 Å². The topological polar surface area (TPSA) is 66.5 Å². The number of aromatic nitrogens is 1. The number of benzene rings is 1. The highest BCUT2D eigenvalue weighted by atomic mass is 127. The quantitative estimate of drug-likeness (QED) is 0.401. The number of pyridine rings is 1. The largest absolute Gasteiger partial charge is 0.370 e. The summed E-state index contributed by atoms with van der Waals surface area (Å²) in [4.78, 5) is 11.2. The molecule has 1 atom stereocenters. The molecular formula is C18H24IN5S. The minimum Gasteiger partial charge on any atom is -0.370 e. The van der Waals surface area contributed by atoms with Crippen LogP contribution in [-0.4, -0.2) is 46.5 Å². The third-order valence-electron chi connectivity index (χ3n) is 3.97. The Morgan fingerprint density at radius 2 is 2.04 bits per heavy atom. The summed E-state index contributed by atoms with van der Waals surface area (Å²) in [6, 6.07) is 16.7. The van der Waals surface area contributed by atoms with Gasteiger partial charge in [0.15, 0.2) is 5.96 Å². The average molecular weight is 469 g/mol. The van der Waals surface area contributed by atoms with Crippen LogP contribution >= 0.6 is 35.7 Å². The summed E-state index contributed by atoms with van der Waals surface area (Å²) in [7, 11) is 0. The van der Waals surface area contributed by atoms with Crippen molar-refractivity contribution in [2.24, 2.45) is 10.7 Å². The molecule has 0 spiro atoms. The molecule has 1 saturated heterocycles. The molecule has 0 radical (unpaired) electrons. The molecule has 3 rings (SSSR count). The summed E-state index contributed by atoms with van der Waals surface area (Å²) in [5.74, 6) is 3.41. The van der Waals surface area contributed by atoms with E-state index in [0.29, 0.717) is 18.5 Å². The molecule has 3 N–H and O–H groups in total. The molecular weight excluding hydrogens is 445 g/mol. The van der Waals surface area contributed by atoms with E-state index in [4.69, 9.17) is 5.73 Å². The molecule has 7 heteroatoms. The van der Waals surface area contributed by atoms with Gasteiger partial charge in [-0.05, 0) is 17.7 Å². The third kappa shape index (κ3) is 6.48. The molecule has 1 aliphatic rings. The number of guanidine groups is 1. The number of hydrogen-bond donors (Lipinski definition) is 2. The lowest BCUT2D eigenvalue weighted by atomic mass is 10.2. The van der Waals surface area contributed by atoms with Gasteiger partial charge in [0, 0.05) is 36.8 Å². The summed E-state index contributed by atoms with van der Waals surface area (Å²) < 4.78 is 0. The normalized spacial score (nSPS) is 18.4. The van der Waals surface area contributed by atoms with Gasteiger partial charge in [-0.15, -0.1) is 24.0 Å². The first-order chi connectivity index (χ1) is 11.8. The van der Waals surface area contributed by atoms with Crippen LogP contribution in [0.15, 0.2) is 59.7 Å². The van der Waals surface area contributed by atoms with Gasteiger partial charge >= 0.3 is 0 Å². The van der Waals surface area contributed by atoms with E-state index in [1.807, 2.05) is 30.0 Å². The van der Waals surface area contributed by atoms with Gasteiger partial charge in [0.05, 0.1) is 6.54 Å². The molecule has 0 amide bonds. The Bertz CT molecular complexity index is 653. The molecule has 1 aliphatic heterocycles. The van der Waals surface area contributed by atoms with Crippen molar-refractivity contribution in [3.05, 3.63) is 60.3 Å². The third-order valence-corrected chi connectivity index (χ3v) is 5.06. The van der Waals surface area contributed by atoms with Crippen molar-refractivity contribution in [2.75, 3.05) is 29.9 Å². The lowest BCUT2D eigenvalue weighted by molar-refractivity contribution is 0.215. The Morgan fingerprint density at radius 3 is 2.80 bits per heavy atom. The zero-order chi connectivity index (χ0) is 16.6. The Labute approximate surface area is 170 Å². The maximum atomic E-state index is 5.99. The molecule has 5 nitrogen and oxygen atoms in total. The smallest absolute Gasteiger partial charge is 0.194 e. The molecule has 2 aromatic rings. The fourth-order valence-electron chi connectivity index (χ4n) is 2.69. The van der Waals surface area contributed by atoms with Crippen LogP contribution in [-0.2, 0) is 6.54 Å². The molecule has 0 bridgehead atoms. The average Bonchev–Trinajstić information content (AvgIpc) is 2.63. The second-order valence-electron chi connectivity index (χ2n) is 5.75. The maximum Gasteiger partial charge on any atom is 0.194 e. The van der Waals surface area contributed by atoms with Crippen LogP contribution in [0.1, 0.15) is 5.56 Å². The molecule has 1 fully saturated rings. The van der Waals surface area contributed by atoms with E-state index in [1.54, 1.807) is 6.20 Å². The first-order valence-electron chi connectivity index (χ1n) is 8.15. The number of thioether (sulfide) groups is 1. The lowest BCUT2D eigenvalue weighted by Gasteiger charge is -2.34. The fourth-order valence-corrected chi connectivity index (χ4v) is 3.81. The van der Waals surface area contributed by atoms with Crippen LogP contribution in [0, 0.1) is 0 Å². The van der Waals surface area contributed by atoms with Crippen molar-refractivity contribution >= 4 is 47.5 Å². The van der Waals surface area contributed by atoms with Crippen molar-refractivity contribution in [2.45, 2.75) is 12.6 Å². The number of rotatable bonds is 5. The minimum absolute atomic E-state index is 0. The van der Waals surface area contributed by atoms with Crippen molar-refractivity contribution in [1.82, 2.24) is 9.88 Å². The van der Waals surface area contributed by atoms with Gasteiger partial charge < -0.3 is 11.1 Å². The number of aliphatic imine (C=N–C) groups is 1. The molecule has 25 heavy (non-hydrogen) atoms. The van der Waals surface area contributed by atoms with Crippen molar-refractivity contribution < 1.29 is 0 Å². The first-order valence-corrected chi connectivity index (χ1v) is 9.30. The highest BCUT2D eigenvalue weighted by Crippen LogP contribution is 2.19. The van der Waals surface area contributed by atoms with E-state index in [9.17, 15) is 0 Å². The van der Waals surface area contributed by atoms with Crippen LogP contribution in [0.3, 0.4) is 0 Å². The summed E-state index contributed by atoms with van der Waals surface area (Å²) in [6.45, 7) is 2.76. The lowest BCUT2D eigenvalue weighted by Crippen LogP contribution is -2.44. The van der Waals surface area contributed by atoms with E-state index < -0.39 is 0 Å². The van der Waals surface area contributed by atoms with Gasteiger partial charge in [-0.2, -0.15) is 11.8 Å². The van der Waals surface area contributed by atoms with E-state index in [-0.39, 0.29) is 24.0 Å². The number of anilines is 1. The maximum absolute atomic E-state index is 5.99. The molecule has 0 aliphatic carbocycles. The van der Waals surface area contributed by atoms with Gasteiger partial charge in [-0.25, -0.2) is 4.98 Å². The number of nitrogens with two attached hydrogens (primary N) is 1. The molecule has 1 aromatic carbocycles. The van der Waals surface area contributed by atoms with E-state index in [0.717, 1.165) is 24.7 Å². The Kier molecular flexibility index (Phi) is 8.50. The van der Waals surface area contributed by atoms with E-state index in [1.165, 1.54) is 11.3 Å². The summed E-state index contributed by atoms with van der Waals surface area (Å²) >= 11 is 1.99. The Morgan fingerprint density at radius 1 is 1.24 bits per heavy atom. The van der Waals surface area contributed by atoms with Crippen LogP contribution in [0.5, 0.6) is 0 Å². The van der Waals surface area contributed by atoms with Gasteiger partial charge in [0.1, 0.15) is 5.82 Å². The molecule has 134 valence electrons. The summed E-state index contributed by atoms with van der Waals surface area (Å²) in [6.07, 6.45) is 1.73. The highest BCUT2D eigenvalue weighted by molar-refractivity contribution is 14.0. The summed E-state index contributed by atoms with van der Waals surface area (Å²) in [5.41, 5.74) is 7.34. The molecule has 0 saturated carbocycles. The number of halogens is 1. The Hall–Kier alpha value is -1.32. The zero-order valence-corrected chi connectivity index (χ0v) is 17.2. The molecule has 2 heterocycles. The SMILES string of the molecule is I.NC(=NCC1CSCCN1Cc1ccccc1)Nc1ccccn1. The predicted molar refractivity (Wildman–Crippen MR) is 118 cm³/mol. The van der Waals surface area contributed by atoms with E-state index in [2.05, 4.69) is 50.5 Å². The van der Waals surface area contributed by atoms with Gasteiger partial charge in [0.25, 0.3) is 0 Å². The number of nitrogens with one attached hydrogen (secondary N) is 1. The van der Waals surface area contributed by atoms with Crippen LogP contribution in [0.4, 0.5) is 5.82 Å². The monoisotopic (exact) mass is 469 g/mol. The van der Waals surface area contributed by atoms with Gasteiger partial charge in [-0.3, -0.25) is 9.89 Å². The fraction of sp³-hybridized carbons (Fsp3) is 0.333. The van der Waals surface area contributed by atoms with Crippen LogP contribution < -0.4 is 11.1 Å². The zero-order valence-electron chi connectivity index (χ0n) is 14.0. The molecule has 1 unspecified atom stereocenters. The number of hydrogen-bond acceptors (Lipinski definition) is 4. The standard InChI is InChI=1S/C18H23N5S.HI/c19-18(22-17-8-4-5-9-20-17)21-12-16-14-24-11-10-23(16)13-15-6-2-1-3-7-15;/h1-9,16H,10-14H2,(H3,19,20,21,22);1H. The van der Waals surface area contributed by atoms with Crippen molar-refractivity contribution in [3.63, 3.8) is 0 Å². The second-order valence-corrected chi connectivity index (χ2v) is 6.90. The molecule has 1 aromatic heterocycles. The van der Waals surface area contributed by atoms with E-state index >= 15 is 0 Å². The van der Waals surface area contributed by atoms with Gasteiger partial charge in [0.2, 0.25) is 0 Å². The Balaban J connectivity index is 0.00000225. The number of nitrogens with zero attached hydrogens (tertiary/aromatic N) is 3.